The number of hydrogen-bond donors (Lipinski definition) is 1. The Balaban J connectivity index is 2.18. The highest BCUT2D eigenvalue weighted by atomic mass is 16.3. The fourth-order valence-electron chi connectivity index (χ4n) is 4.00. The molecule has 1 heteroatoms. The molecule has 0 aromatic heterocycles. The first-order valence-corrected chi connectivity index (χ1v) is 6.54. The van der Waals surface area contributed by atoms with Gasteiger partial charge in [-0.15, -0.1) is 0 Å². The second-order valence-corrected chi connectivity index (χ2v) is 7.01. The highest BCUT2D eigenvalue weighted by molar-refractivity contribution is 4.98. The molecule has 4 unspecified atom stereocenters. The zero-order valence-corrected chi connectivity index (χ0v) is 10.7. The van der Waals surface area contributed by atoms with Crippen LogP contribution in [0.3, 0.4) is 0 Å². The lowest BCUT2D eigenvalue weighted by molar-refractivity contribution is -0.0840. The summed E-state index contributed by atoms with van der Waals surface area (Å²) in [6, 6.07) is 0. The SMILES string of the molecule is CC1CCC(C)(C)C2CCC(C)(O)CC12. The molecule has 2 fully saturated rings. The molecule has 2 aliphatic rings. The summed E-state index contributed by atoms with van der Waals surface area (Å²) < 4.78 is 0. The van der Waals surface area contributed by atoms with Gasteiger partial charge in [-0.2, -0.15) is 0 Å². The molecule has 88 valence electrons. The Labute approximate surface area is 94.3 Å². The molecule has 15 heavy (non-hydrogen) atoms. The van der Waals surface area contributed by atoms with Gasteiger partial charge in [-0.25, -0.2) is 0 Å². The van der Waals surface area contributed by atoms with Gasteiger partial charge in [0.1, 0.15) is 0 Å². The lowest BCUT2D eigenvalue weighted by Crippen LogP contribution is -2.47. The van der Waals surface area contributed by atoms with E-state index < -0.39 is 0 Å². The summed E-state index contributed by atoms with van der Waals surface area (Å²) in [6.07, 6.45) is 5.99. The van der Waals surface area contributed by atoms with Crippen LogP contribution in [0.2, 0.25) is 0 Å². The molecular weight excluding hydrogens is 184 g/mol. The molecule has 2 saturated carbocycles. The molecule has 1 nitrogen and oxygen atoms in total. The minimum atomic E-state index is -0.386. The first kappa shape index (κ1) is 11.4. The van der Waals surface area contributed by atoms with Crippen molar-refractivity contribution in [2.75, 3.05) is 0 Å². The van der Waals surface area contributed by atoms with E-state index in [-0.39, 0.29) is 5.60 Å². The van der Waals surface area contributed by atoms with Crippen molar-refractivity contribution in [3.63, 3.8) is 0 Å². The van der Waals surface area contributed by atoms with Gasteiger partial charge in [0.2, 0.25) is 0 Å². The largest absolute Gasteiger partial charge is 0.390 e. The molecule has 2 rings (SSSR count). The van der Waals surface area contributed by atoms with Crippen LogP contribution in [-0.2, 0) is 0 Å². The van der Waals surface area contributed by atoms with Gasteiger partial charge in [-0.1, -0.05) is 20.8 Å². The number of rotatable bonds is 0. The molecule has 0 spiro atoms. The lowest BCUT2D eigenvalue weighted by Gasteiger charge is -2.53. The van der Waals surface area contributed by atoms with Crippen LogP contribution in [0, 0.1) is 23.2 Å². The number of fused-ring (bicyclic) bond motifs is 1. The minimum absolute atomic E-state index is 0.386. The van der Waals surface area contributed by atoms with Crippen molar-refractivity contribution >= 4 is 0 Å². The second-order valence-electron chi connectivity index (χ2n) is 7.01. The molecule has 0 aliphatic heterocycles. The second kappa shape index (κ2) is 3.48. The average molecular weight is 210 g/mol. The first-order chi connectivity index (χ1) is 6.82. The van der Waals surface area contributed by atoms with Gasteiger partial charge < -0.3 is 5.11 Å². The highest BCUT2D eigenvalue weighted by Gasteiger charge is 2.47. The van der Waals surface area contributed by atoms with Crippen molar-refractivity contribution in [1.82, 2.24) is 0 Å². The van der Waals surface area contributed by atoms with Crippen molar-refractivity contribution in [2.24, 2.45) is 23.2 Å². The summed E-state index contributed by atoms with van der Waals surface area (Å²) in [5.41, 5.74) is 0.122. The maximum absolute atomic E-state index is 10.2. The molecular formula is C14H26O. The molecule has 2 aliphatic carbocycles. The average Bonchev–Trinajstić information content (AvgIpc) is 2.10. The van der Waals surface area contributed by atoms with Crippen LogP contribution in [0.5, 0.6) is 0 Å². The van der Waals surface area contributed by atoms with E-state index in [1.54, 1.807) is 0 Å². The predicted octanol–water partition coefficient (Wildman–Crippen LogP) is 3.61. The molecule has 4 atom stereocenters. The zero-order chi connectivity index (χ0) is 11.3. The van der Waals surface area contributed by atoms with Gasteiger partial charge in [-0.05, 0) is 62.2 Å². The fraction of sp³-hybridized carbons (Fsp3) is 1.00. The van der Waals surface area contributed by atoms with Crippen LogP contribution in [-0.4, -0.2) is 10.7 Å². The van der Waals surface area contributed by atoms with Gasteiger partial charge in [0.15, 0.2) is 0 Å². The Morgan fingerprint density at radius 3 is 2.40 bits per heavy atom. The normalized spacial score (nSPS) is 49.8. The maximum Gasteiger partial charge on any atom is 0.0622 e. The van der Waals surface area contributed by atoms with E-state index >= 15 is 0 Å². The van der Waals surface area contributed by atoms with E-state index in [1.165, 1.54) is 19.3 Å². The summed E-state index contributed by atoms with van der Waals surface area (Å²) in [5, 5.41) is 10.2. The Morgan fingerprint density at radius 2 is 1.73 bits per heavy atom. The van der Waals surface area contributed by atoms with E-state index in [9.17, 15) is 5.11 Å². The van der Waals surface area contributed by atoms with Crippen LogP contribution in [0.1, 0.15) is 59.8 Å². The third kappa shape index (κ3) is 2.08. The molecule has 0 heterocycles. The van der Waals surface area contributed by atoms with E-state index in [2.05, 4.69) is 20.8 Å². The molecule has 0 saturated heterocycles. The third-order valence-electron chi connectivity index (χ3n) is 5.16. The van der Waals surface area contributed by atoms with Gasteiger partial charge in [0.25, 0.3) is 0 Å². The summed E-state index contributed by atoms with van der Waals surface area (Å²) in [6.45, 7) is 9.26. The van der Waals surface area contributed by atoms with Crippen molar-refractivity contribution in [2.45, 2.75) is 65.4 Å². The first-order valence-electron chi connectivity index (χ1n) is 6.54. The van der Waals surface area contributed by atoms with Gasteiger partial charge in [0, 0.05) is 0 Å². The van der Waals surface area contributed by atoms with Crippen LogP contribution in [0.4, 0.5) is 0 Å². The van der Waals surface area contributed by atoms with Crippen molar-refractivity contribution in [3.8, 4) is 0 Å². The molecule has 0 radical (unpaired) electrons. The zero-order valence-electron chi connectivity index (χ0n) is 10.7. The molecule has 0 bridgehead atoms. The van der Waals surface area contributed by atoms with Gasteiger partial charge in [-0.3, -0.25) is 0 Å². The van der Waals surface area contributed by atoms with Crippen LogP contribution in [0.25, 0.3) is 0 Å². The lowest BCUT2D eigenvalue weighted by atomic mass is 9.54. The van der Waals surface area contributed by atoms with E-state index in [0.29, 0.717) is 5.41 Å². The van der Waals surface area contributed by atoms with Crippen molar-refractivity contribution in [1.29, 1.82) is 0 Å². The smallest absolute Gasteiger partial charge is 0.0622 e. The minimum Gasteiger partial charge on any atom is -0.390 e. The van der Waals surface area contributed by atoms with Crippen LogP contribution in [0.15, 0.2) is 0 Å². The van der Waals surface area contributed by atoms with Crippen LogP contribution < -0.4 is 0 Å². The van der Waals surface area contributed by atoms with E-state index in [4.69, 9.17) is 0 Å². The Kier molecular flexibility index (Phi) is 2.65. The topological polar surface area (TPSA) is 20.2 Å². The highest BCUT2D eigenvalue weighted by Crippen LogP contribution is 2.54. The summed E-state index contributed by atoms with van der Waals surface area (Å²) in [4.78, 5) is 0. The third-order valence-corrected chi connectivity index (χ3v) is 5.16. The maximum atomic E-state index is 10.2. The Hall–Kier alpha value is -0.0400. The van der Waals surface area contributed by atoms with Gasteiger partial charge in [0.05, 0.1) is 5.60 Å². The molecule has 0 amide bonds. The van der Waals surface area contributed by atoms with E-state index in [1.807, 2.05) is 6.92 Å². The quantitative estimate of drug-likeness (QED) is 0.647. The molecule has 0 aromatic rings. The van der Waals surface area contributed by atoms with E-state index in [0.717, 1.165) is 30.6 Å². The van der Waals surface area contributed by atoms with Gasteiger partial charge >= 0.3 is 0 Å². The fourth-order valence-corrected chi connectivity index (χ4v) is 4.00. The summed E-state index contributed by atoms with van der Waals surface area (Å²) in [5.74, 6) is 2.42. The predicted molar refractivity (Wildman–Crippen MR) is 63.6 cm³/mol. The number of hydrogen-bond acceptors (Lipinski definition) is 1. The Morgan fingerprint density at radius 1 is 1.07 bits per heavy atom. The molecule has 1 N–H and O–H groups in total. The Bertz CT molecular complexity index is 242. The summed E-state index contributed by atoms with van der Waals surface area (Å²) in [7, 11) is 0. The standard InChI is InChI=1S/C14H26O/c1-10-5-7-13(2,3)12-6-8-14(4,15)9-11(10)12/h10-12,15H,5-9H2,1-4H3. The van der Waals surface area contributed by atoms with Crippen LogP contribution >= 0.6 is 0 Å². The summed E-state index contributed by atoms with van der Waals surface area (Å²) >= 11 is 0. The molecule has 0 aromatic carbocycles. The van der Waals surface area contributed by atoms with Crippen molar-refractivity contribution in [3.05, 3.63) is 0 Å². The van der Waals surface area contributed by atoms with Crippen molar-refractivity contribution < 1.29 is 5.11 Å². The monoisotopic (exact) mass is 210 g/mol. The number of aliphatic hydroxyl groups is 1.